The number of anilines is 1. The van der Waals surface area contributed by atoms with Gasteiger partial charge >= 0.3 is 0 Å². The van der Waals surface area contributed by atoms with Crippen LogP contribution in [0.3, 0.4) is 0 Å². The molecule has 1 heterocycles. The molecule has 9 heteroatoms. The molecule has 1 saturated heterocycles. The van der Waals surface area contributed by atoms with Crippen molar-refractivity contribution in [3.8, 4) is 0 Å². The van der Waals surface area contributed by atoms with E-state index in [9.17, 15) is 13.2 Å². The smallest absolute Gasteiger partial charge is 0.228 e. The van der Waals surface area contributed by atoms with Gasteiger partial charge in [0.2, 0.25) is 15.9 Å². The van der Waals surface area contributed by atoms with Gasteiger partial charge in [0.1, 0.15) is 0 Å². The third-order valence-corrected chi connectivity index (χ3v) is 5.80. The summed E-state index contributed by atoms with van der Waals surface area (Å²) in [4.78, 5) is 12.3. The zero-order valence-electron chi connectivity index (χ0n) is 11.8. The largest absolute Gasteiger partial charge is 0.324 e. The molecule has 1 amide bonds. The standard InChI is InChI=1S/C13H15Cl3N2O3S/c1-22(20,21)18-4-2-3-8(7-18)13(19)17-12-6-10(15)9(14)5-11(12)16/h5-6,8H,2-4,7H2,1H3,(H,17,19)/t8-/m0/s1. The highest BCUT2D eigenvalue weighted by atomic mass is 35.5. The molecule has 0 unspecified atom stereocenters. The Hall–Kier alpha value is -0.530. The summed E-state index contributed by atoms with van der Waals surface area (Å²) in [6.07, 6.45) is 2.40. The summed E-state index contributed by atoms with van der Waals surface area (Å²) in [5, 5.41) is 3.54. The van der Waals surface area contributed by atoms with Crippen LogP contribution in [0.15, 0.2) is 12.1 Å². The van der Waals surface area contributed by atoms with Gasteiger partial charge in [-0.1, -0.05) is 34.8 Å². The molecule has 0 bridgehead atoms. The van der Waals surface area contributed by atoms with E-state index in [1.54, 1.807) is 0 Å². The zero-order valence-corrected chi connectivity index (χ0v) is 14.9. The fourth-order valence-electron chi connectivity index (χ4n) is 2.31. The lowest BCUT2D eigenvalue weighted by molar-refractivity contribution is -0.120. The Labute approximate surface area is 144 Å². The van der Waals surface area contributed by atoms with Crippen LogP contribution in [0.1, 0.15) is 12.8 Å². The lowest BCUT2D eigenvalue weighted by Gasteiger charge is -2.30. The van der Waals surface area contributed by atoms with Gasteiger partial charge in [0, 0.05) is 13.1 Å². The number of nitrogens with zero attached hydrogens (tertiary/aromatic N) is 1. The number of nitrogens with one attached hydrogen (secondary N) is 1. The summed E-state index contributed by atoms with van der Waals surface area (Å²) in [6.45, 7) is 0.611. The van der Waals surface area contributed by atoms with Crippen LogP contribution in [0.25, 0.3) is 0 Å². The second kappa shape index (κ2) is 6.93. The van der Waals surface area contributed by atoms with Crippen LogP contribution in [-0.2, 0) is 14.8 Å². The molecular formula is C13H15Cl3N2O3S. The number of amides is 1. The first-order chi connectivity index (χ1) is 10.2. The van der Waals surface area contributed by atoms with E-state index in [0.29, 0.717) is 30.1 Å². The number of benzene rings is 1. The van der Waals surface area contributed by atoms with Crippen molar-refractivity contribution in [2.75, 3.05) is 24.7 Å². The molecule has 1 fully saturated rings. The van der Waals surface area contributed by atoms with Gasteiger partial charge in [0.15, 0.2) is 0 Å². The van der Waals surface area contributed by atoms with Crippen LogP contribution in [0, 0.1) is 5.92 Å². The van der Waals surface area contributed by atoms with Crippen molar-refractivity contribution in [2.45, 2.75) is 12.8 Å². The monoisotopic (exact) mass is 384 g/mol. The molecule has 1 aromatic carbocycles. The molecule has 1 aromatic rings. The van der Waals surface area contributed by atoms with E-state index in [-0.39, 0.29) is 22.5 Å². The number of hydrogen-bond acceptors (Lipinski definition) is 3. The van der Waals surface area contributed by atoms with Gasteiger partial charge in [-0.15, -0.1) is 0 Å². The van der Waals surface area contributed by atoms with Crippen LogP contribution < -0.4 is 5.32 Å². The third kappa shape index (κ3) is 4.26. The van der Waals surface area contributed by atoms with Gasteiger partial charge in [0.05, 0.1) is 32.9 Å². The number of sulfonamides is 1. The fourth-order valence-corrected chi connectivity index (χ4v) is 3.82. The van der Waals surface area contributed by atoms with E-state index in [1.807, 2.05) is 0 Å². The molecule has 1 atom stereocenters. The second-order valence-corrected chi connectivity index (χ2v) is 8.40. The molecule has 122 valence electrons. The second-order valence-electron chi connectivity index (χ2n) is 5.20. The molecular weight excluding hydrogens is 371 g/mol. The summed E-state index contributed by atoms with van der Waals surface area (Å²) in [5.74, 6) is -0.706. The first kappa shape index (κ1) is 17.8. The average molecular weight is 386 g/mol. The molecule has 0 radical (unpaired) electrons. The topological polar surface area (TPSA) is 66.5 Å². The van der Waals surface area contributed by atoms with Crippen molar-refractivity contribution >= 4 is 56.4 Å². The molecule has 1 N–H and O–H groups in total. The van der Waals surface area contributed by atoms with E-state index in [1.165, 1.54) is 16.4 Å². The summed E-state index contributed by atoms with van der Waals surface area (Å²) < 4.78 is 24.5. The first-order valence-electron chi connectivity index (χ1n) is 6.59. The minimum atomic E-state index is -3.30. The Bertz CT molecular complexity index is 694. The van der Waals surface area contributed by atoms with Crippen molar-refractivity contribution < 1.29 is 13.2 Å². The normalized spacial score (nSPS) is 19.9. The van der Waals surface area contributed by atoms with Gasteiger partial charge in [-0.3, -0.25) is 4.79 Å². The van der Waals surface area contributed by atoms with Crippen LogP contribution in [0.4, 0.5) is 5.69 Å². The Morgan fingerprint density at radius 1 is 1.23 bits per heavy atom. The number of hydrogen-bond donors (Lipinski definition) is 1. The number of carbonyl (C=O) groups is 1. The van der Waals surface area contributed by atoms with Crippen molar-refractivity contribution in [3.63, 3.8) is 0 Å². The predicted octanol–water partition coefficient (Wildman–Crippen LogP) is 3.26. The number of halogens is 3. The third-order valence-electron chi connectivity index (χ3n) is 3.49. The molecule has 2 rings (SSSR count). The SMILES string of the molecule is CS(=O)(=O)N1CCC[C@H](C(=O)Nc2cc(Cl)c(Cl)cc2Cl)C1. The van der Waals surface area contributed by atoms with E-state index < -0.39 is 15.9 Å². The Kier molecular flexibility index (Phi) is 5.61. The first-order valence-corrected chi connectivity index (χ1v) is 9.57. The summed E-state index contributed by atoms with van der Waals surface area (Å²) in [7, 11) is -3.30. The summed E-state index contributed by atoms with van der Waals surface area (Å²) in [6, 6.07) is 2.92. The number of piperidine rings is 1. The maximum Gasteiger partial charge on any atom is 0.228 e. The van der Waals surface area contributed by atoms with E-state index >= 15 is 0 Å². The van der Waals surface area contributed by atoms with Gasteiger partial charge in [0.25, 0.3) is 0 Å². The van der Waals surface area contributed by atoms with Crippen molar-refractivity contribution in [2.24, 2.45) is 5.92 Å². The van der Waals surface area contributed by atoms with E-state index in [0.717, 1.165) is 6.26 Å². The number of rotatable bonds is 3. The van der Waals surface area contributed by atoms with Gasteiger partial charge < -0.3 is 5.32 Å². The lowest BCUT2D eigenvalue weighted by Crippen LogP contribution is -2.43. The fraction of sp³-hybridized carbons (Fsp3) is 0.462. The minimum absolute atomic E-state index is 0.170. The van der Waals surface area contributed by atoms with Crippen molar-refractivity contribution in [1.82, 2.24) is 4.31 Å². The Balaban J connectivity index is 2.11. The van der Waals surface area contributed by atoms with Crippen molar-refractivity contribution in [1.29, 1.82) is 0 Å². The highest BCUT2D eigenvalue weighted by molar-refractivity contribution is 7.88. The summed E-state index contributed by atoms with van der Waals surface area (Å²) >= 11 is 17.8. The Morgan fingerprint density at radius 3 is 2.50 bits per heavy atom. The highest BCUT2D eigenvalue weighted by Gasteiger charge is 2.30. The maximum absolute atomic E-state index is 12.3. The van der Waals surface area contributed by atoms with Crippen LogP contribution >= 0.6 is 34.8 Å². The van der Waals surface area contributed by atoms with Gasteiger partial charge in [-0.2, -0.15) is 0 Å². The Morgan fingerprint density at radius 2 is 1.86 bits per heavy atom. The van der Waals surface area contributed by atoms with E-state index in [2.05, 4.69) is 5.32 Å². The molecule has 5 nitrogen and oxygen atoms in total. The molecule has 0 saturated carbocycles. The van der Waals surface area contributed by atoms with Crippen LogP contribution in [0.2, 0.25) is 15.1 Å². The minimum Gasteiger partial charge on any atom is -0.324 e. The van der Waals surface area contributed by atoms with E-state index in [4.69, 9.17) is 34.8 Å². The molecule has 1 aliphatic rings. The molecule has 0 spiro atoms. The van der Waals surface area contributed by atoms with Crippen LogP contribution in [0.5, 0.6) is 0 Å². The summed E-state index contributed by atoms with van der Waals surface area (Å²) in [5.41, 5.74) is 0.359. The molecule has 22 heavy (non-hydrogen) atoms. The quantitative estimate of drug-likeness (QED) is 0.812. The highest BCUT2D eigenvalue weighted by Crippen LogP contribution is 2.33. The zero-order chi connectivity index (χ0) is 16.5. The lowest BCUT2D eigenvalue weighted by atomic mass is 9.99. The predicted molar refractivity (Wildman–Crippen MR) is 89.2 cm³/mol. The van der Waals surface area contributed by atoms with Crippen LogP contribution in [-0.4, -0.2) is 38.0 Å². The van der Waals surface area contributed by atoms with Crippen molar-refractivity contribution in [3.05, 3.63) is 27.2 Å². The van der Waals surface area contributed by atoms with Gasteiger partial charge in [-0.25, -0.2) is 12.7 Å². The molecule has 1 aliphatic heterocycles. The van der Waals surface area contributed by atoms with Gasteiger partial charge in [-0.05, 0) is 25.0 Å². The molecule has 0 aliphatic carbocycles. The average Bonchev–Trinajstić information content (AvgIpc) is 2.44. The number of carbonyl (C=O) groups excluding carboxylic acids is 1. The molecule has 0 aromatic heterocycles. The maximum atomic E-state index is 12.3.